The first-order valence-corrected chi connectivity index (χ1v) is 6.06. The van der Waals surface area contributed by atoms with Gasteiger partial charge in [0, 0.05) is 6.08 Å². The summed E-state index contributed by atoms with van der Waals surface area (Å²) in [6.45, 7) is 0. The Labute approximate surface area is 107 Å². The number of hydrogen-bond acceptors (Lipinski definition) is 2. The van der Waals surface area contributed by atoms with Gasteiger partial charge in [-0.2, -0.15) is 11.3 Å². The van der Waals surface area contributed by atoms with Crippen LogP contribution in [0.3, 0.4) is 0 Å². The third-order valence-corrected chi connectivity index (χ3v) is 2.88. The molecule has 1 aromatic carbocycles. The molecule has 92 valence electrons. The summed E-state index contributed by atoms with van der Waals surface area (Å²) in [6.07, 6.45) is 2.80. The second kappa shape index (κ2) is 5.55. The van der Waals surface area contributed by atoms with Crippen LogP contribution in [0, 0.1) is 11.6 Å². The highest BCUT2D eigenvalue weighted by molar-refractivity contribution is 7.08. The molecule has 0 aliphatic rings. The third-order valence-electron chi connectivity index (χ3n) is 2.18. The molecule has 0 bridgehead atoms. The van der Waals surface area contributed by atoms with Gasteiger partial charge in [0.05, 0.1) is 0 Å². The molecule has 0 radical (unpaired) electrons. The highest BCUT2D eigenvalue weighted by Crippen LogP contribution is 2.18. The molecule has 0 aliphatic carbocycles. The lowest BCUT2D eigenvalue weighted by atomic mass is 10.2. The normalized spacial score (nSPS) is 10.8. The van der Waals surface area contributed by atoms with Crippen molar-refractivity contribution in [2.24, 2.45) is 0 Å². The van der Waals surface area contributed by atoms with Gasteiger partial charge in [-0.3, -0.25) is 4.79 Å². The maximum atomic E-state index is 13.2. The average molecular weight is 265 g/mol. The van der Waals surface area contributed by atoms with E-state index in [1.54, 1.807) is 6.08 Å². The first-order chi connectivity index (χ1) is 8.66. The molecule has 1 aromatic heterocycles. The van der Waals surface area contributed by atoms with Gasteiger partial charge >= 0.3 is 0 Å². The predicted octanol–water partition coefficient (Wildman–Crippen LogP) is 3.68. The van der Waals surface area contributed by atoms with Crippen molar-refractivity contribution < 1.29 is 13.6 Å². The van der Waals surface area contributed by atoms with Crippen molar-refractivity contribution in [1.29, 1.82) is 0 Å². The summed E-state index contributed by atoms with van der Waals surface area (Å²) in [5.74, 6) is -2.18. The van der Waals surface area contributed by atoms with E-state index in [1.165, 1.54) is 23.5 Å². The number of carbonyl (C=O) groups is 1. The van der Waals surface area contributed by atoms with Crippen LogP contribution in [-0.2, 0) is 4.79 Å². The standard InChI is InChI=1S/C13H9F2NOS/c14-10-2-1-3-11(15)13(10)16-12(17)5-4-9-6-7-18-8-9/h1-8H,(H,16,17)/b5-4+. The van der Waals surface area contributed by atoms with Crippen molar-refractivity contribution in [3.05, 3.63) is 58.3 Å². The van der Waals surface area contributed by atoms with Crippen molar-refractivity contribution >= 4 is 29.0 Å². The minimum absolute atomic E-state index is 0.433. The number of para-hydroxylation sites is 1. The van der Waals surface area contributed by atoms with E-state index in [2.05, 4.69) is 5.32 Å². The zero-order valence-corrected chi connectivity index (χ0v) is 10.0. The van der Waals surface area contributed by atoms with Gasteiger partial charge in [0.15, 0.2) is 0 Å². The van der Waals surface area contributed by atoms with Crippen molar-refractivity contribution in [2.75, 3.05) is 5.32 Å². The van der Waals surface area contributed by atoms with Gasteiger partial charge in [0.2, 0.25) is 5.91 Å². The molecule has 1 N–H and O–H groups in total. The van der Waals surface area contributed by atoms with Crippen LogP contribution in [0.5, 0.6) is 0 Å². The van der Waals surface area contributed by atoms with E-state index in [0.29, 0.717) is 0 Å². The number of nitrogens with one attached hydrogen (secondary N) is 1. The Morgan fingerprint density at radius 1 is 1.22 bits per heavy atom. The Balaban J connectivity index is 2.08. The molecule has 2 rings (SSSR count). The molecule has 0 atom stereocenters. The van der Waals surface area contributed by atoms with E-state index in [1.807, 2.05) is 16.8 Å². The molecule has 1 heterocycles. The molecular formula is C13H9F2NOS. The maximum absolute atomic E-state index is 13.2. The molecule has 0 fully saturated rings. The van der Waals surface area contributed by atoms with E-state index in [9.17, 15) is 13.6 Å². The van der Waals surface area contributed by atoms with Crippen LogP contribution in [-0.4, -0.2) is 5.91 Å². The predicted molar refractivity (Wildman–Crippen MR) is 68.3 cm³/mol. The van der Waals surface area contributed by atoms with Crippen molar-refractivity contribution in [3.63, 3.8) is 0 Å². The number of carbonyl (C=O) groups excluding carboxylic acids is 1. The SMILES string of the molecule is O=C(/C=C/c1ccsc1)Nc1c(F)cccc1F. The number of benzene rings is 1. The summed E-state index contributed by atoms with van der Waals surface area (Å²) in [5.41, 5.74) is 0.432. The molecule has 0 unspecified atom stereocenters. The van der Waals surface area contributed by atoms with E-state index < -0.39 is 23.2 Å². The summed E-state index contributed by atoms with van der Waals surface area (Å²) in [6, 6.07) is 5.24. The van der Waals surface area contributed by atoms with Crippen LogP contribution in [0.4, 0.5) is 14.5 Å². The fraction of sp³-hybridized carbons (Fsp3) is 0. The lowest BCUT2D eigenvalue weighted by molar-refractivity contribution is -0.111. The summed E-state index contributed by atoms with van der Waals surface area (Å²) < 4.78 is 26.5. The first-order valence-electron chi connectivity index (χ1n) is 5.12. The first kappa shape index (κ1) is 12.4. The highest BCUT2D eigenvalue weighted by atomic mass is 32.1. The molecule has 1 amide bonds. The van der Waals surface area contributed by atoms with Crippen molar-refractivity contribution in [1.82, 2.24) is 0 Å². The lowest BCUT2D eigenvalue weighted by Crippen LogP contribution is -2.10. The van der Waals surface area contributed by atoms with Crippen LogP contribution in [0.25, 0.3) is 6.08 Å². The van der Waals surface area contributed by atoms with Crippen LogP contribution >= 0.6 is 11.3 Å². The van der Waals surface area contributed by atoms with E-state index in [0.717, 1.165) is 17.7 Å². The summed E-state index contributed by atoms with van der Waals surface area (Å²) in [7, 11) is 0. The number of anilines is 1. The molecule has 2 nitrogen and oxygen atoms in total. The fourth-order valence-corrected chi connectivity index (χ4v) is 1.95. The lowest BCUT2D eigenvalue weighted by Gasteiger charge is -2.04. The summed E-state index contributed by atoms with van der Waals surface area (Å²) >= 11 is 1.50. The van der Waals surface area contributed by atoms with Gasteiger partial charge < -0.3 is 5.32 Å². The summed E-state index contributed by atoms with van der Waals surface area (Å²) in [5, 5.41) is 5.89. The number of rotatable bonds is 3. The Morgan fingerprint density at radius 2 is 1.94 bits per heavy atom. The molecular weight excluding hydrogens is 256 g/mol. The molecule has 2 aromatic rings. The van der Waals surface area contributed by atoms with Gasteiger partial charge in [-0.1, -0.05) is 6.07 Å². The molecule has 0 saturated heterocycles. The second-order valence-electron chi connectivity index (χ2n) is 3.48. The highest BCUT2D eigenvalue weighted by Gasteiger charge is 2.09. The van der Waals surface area contributed by atoms with E-state index >= 15 is 0 Å². The Hall–Kier alpha value is -2.01. The molecule has 0 aliphatic heterocycles. The smallest absolute Gasteiger partial charge is 0.248 e. The quantitative estimate of drug-likeness (QED) is 0.843. The number of amides is 1. The Morgan fingerprint density at radius 3 is 2.56 bits per heavy atom. The van der Waals surface area contributed by atoms with Crippen LogP contribution < -0.4 is 5.32 Å². The summed E-state index contributed by atoms with van der Waals surface area (Å²) in [4.78, 5) is 11.5. The zero-order chi connectivity index (χ0) is 13.0. The van der Waals surface area contributed by atoms with Crippen molar-refractivity contribution in [2.45, 2.75) is 0 Å². The van der Waals surface area contributed by atoms with Crippen LogP contribution in [0.15, 0.2) is 41.1 Å². The van der Waals surface area contributed by atoms with Crippen molar-refractivity contribution in [3.8, 4) is 0 Å². The molecule has 18 heavy (non-hydrogen) atoms. The average Bonchev–Trinajstić information content (AvgIpc) is 2.84. The van der Waals surface area contributed by atoms with Gasteiger partial charge in [0.25, 0.3) is 0 Å². The fourth-order valence-electron chi connectivity index (χ4n) is 1.32. The van der Waals surface area contributed by atoms with E-state index in [-0.39, 0.29) is 0 Å². The van der Waals surface area contributed by atoms with Crippen LogP contribution in [0.1, 0.15) is 5.56 Å². The number of halogens is 2. The molecule has 5 heteroatoms. The Bertz CT molecular complexity index is 558. The van der Waals surface area contributed by atoms with Crippen LogP contribution in [0.2, 0.25) is 0 Å². The number of thiophene rings is 1. The van der Waals surface area contributed by atoms with Gasteiger partial charge in [-0.25, -0.2) is 8.78 Å². The topological polar surface area (TPSA) is 29.1 Å². The third kappa shape index (κ3) is 3.01. The Kier molecular flexibility index (Phi) is 3.84. The second-order valence-corrected chi connectivity index (χ2v) is 4.26. The minimum atomic E-state index is -0.799. The minimum Gasteiger partial charge on any atom is -0.318 e. The maximum Gasteiger partial charge on any atom is 0.248 e. The van der Waals surface area contributed by atoms with Gasteiger partial charge in [0.1, 0.15) is 17.3 Å². The zero-order valence-electron chi connectivity index (χ0n) is 9.19. The largest absolute Gasteiger partial charge is 0.318 e. The van der Waals surface area contributed by atoms with E-state index in [4.69, 9.17) is 0 Å². The molecule has 0 saturated carbocycles. The number of hydrogen-bond donors (Lipinski definition) is 1. The van der Waals surface area contributed by atoms with Gasteiger partial charge in [-0.15, -0.1) is 0 Å². The van der Waals surface area contributed by atoms with Gasteiger partial charge in [-0.05, 0) is 40.6 Å². The monoisotopic (exact) mass is 265 g/mol. The molecule has 0 spiro atoms.